The summed E-state index contributed by atoms with van der Waals surface area (Å²) in [6, 6.07) is 3.05. The van der Waals surface area contributed by atoms with Crippen LogP contribution in [0, 0.1) is 5.92 Å². The summed E-state index contributed by atoms with van der Waals surface area (Å²) in [7, 11) is 0. The Morgan fingerprint density at radius 2 is 2.00 bits per heavy atom. The summed E-state index contributed by atoms with van der Waals surface area (Å²) in [4.78, 5) is 34.9. The molecular formula is C19H27N2O8+. The molecule has 10 nitrogen and oxygen atoms in total. The number of aromatic nitrogens is 1. The third-order valence-electron chi connectivity index (χ3n) is 4.81. The lowest BCUT2D eigenvalue weighted by Crippen LogP contribution is -2.46. The number of aliphatic hydroxyl groups is 2. The van der Waals surface area contributed by atoms with Crippen molar-refractivity contribution in [2.45, 2.75) is 57.8 Å². The first-order valence-corrected chi connectivity index (χ1v) is 9.31. The van der Waals surface area contributed by atoms with Gasteiger partial charge in [-0.3, -0.25) is 9.59 Å². The molecule has 1 aromatic rings. The zero-order valence-corrected chi connectivity index (χ0v) is 16.6. The summed E-state index contributed by atoms with van der Waals surface area (Å²) in [5, 5.41) is 20.6. The lowest BCUT2D eigenvalue weighted by Gasteiger charge is -2.22. The van der Waals surface area contributed by atoms with E-state index in [9.17, 15) is 24.6 Å². The van der Waals surface area contributed by atoms with Crippen LogP contribution in [0.3, 0.4) is 0 Å². The third kappa shape index (κ3) is 5.49. The summed E-state index contributed by atoms with van der Waals surface area (Å²) < 4.78 is 17.3. The number of nitrogens with two attached hydrogens (primary N) is 1. The first-order valence-electron chi connectivity index (χ1n) is 9.31. The van der Waals surface area contributed by atoms with Gasteiger partial charge in [0.05, 0.1) is 0 Å². The number of pyridine rings is 1. The van der Waals surface area contributed by atoms with Gasteiger partial charge in [0.25, 0.3) is 12.1 Å². The SMILES string of the molecule is CCC(C)C(OC(C)=O)C(=O)OC[C@H]1O[C@@H]([n+]2cccc(C(N)=O)c2)[C@H](O)[C@@H]1O. The Bertz CT molecular complexity index is 755. The molecule has 1 aromatic heterocycles. The van der Waals surface area contributed by atoms with Gasteiger partial charge in [0, 0.05) is 18.9 Å². The van der Waals surface area contributed by atoms with Crippen LogP contribution >= 0.6 is 0 Å². The van der Waals surface area contributed by atoms with Gasteiger partial charge in [-0.25, -0.2) is 4.79 Å². The van der Waals surface area contributed by atoms with Crippen molar-refractivity contribution in [3.05, 3.63) is 30.1 Å². The standard InChI is InChI=1S/C19H26N2O8/c1-4-10(2)16(28-11(3)22)19(26)27-9-13-14(23)15(24)18(29-13)21-7-5-6-12(8-21)17(20)25/h5-8,10,13-16,18,23-24H,4,9H2,1-3H3,(H-,20,25)/p+1/t10?,13-,14-,15-,16?,18-/m1/s1. The van der Waals surface area contributed by atoms with Crippen molar-refractivity contribution >= 4 is 17.8 Å². The number of esters is 2. The van der Waals surface area contributed by atoms with Gasteiger partial charge >= 0.3 is 11.9 Å². The Labute approximate surface area is 168 Å². The van der Waals surface area contributed by atoms with E-state index in [0.29, 0.717) is 6.42 Å². The van der Waals surface area contributed by atoms with Crippen LogP contribution in [0.25, 0.3) is 0 Å². The van der Waals surface area contributed by atoms with Gasteiger partial charge in [-0.2, -0.15) is 4.57 Å². The average molecular weight is 411 g/mol. The Kier molecular flexibility index (Phi) is 7.66. The number of rotatable bonds is 8. The molecule has 29 heavy (non-hydrogen) atoms. The smallest absolute Gasteiger partial charge is 0.347 e. The van der Waals surface area contributed by atoms with E-state index in [-0.39, 0.29) is 18.1 Å². The van der Waals surface area contributed by atoms with Crippen molar-refractivity contribution in [1.29, 1.82) is 0 Å². The maximum atomic E-state index is 12.3. The van der Waals surface area contributed by atoms with Crippen LogP contribution in [0.5, 0.6) is 0 Å². The number of amides is 1. The summed E-state index contributed by atoms with van der Waals surface area (Å²) in [5.41, 5.74) is 5.45. The number of hydrogen-bond donors (Lipinski definition) is 3. The molecule has 1 fully saturated rings. The molecule has 0 saturated carbocycles. The third-order valence-corrected chi connectivity index (χ3v) is 4.81. The van der Waals surface area contributed by atoms with Crippen LogP contribution in [0.4, 0.5) is 0 Å². The summed E-state index contributed by atoms with van der Waals surface area (Å²) >= 11 is 0. The number of carbonyl (C=O) groups is 3. The van der Waals surface area contributed by atoms with Crippen LogP contribution in [0.1, 0.15) is 43.8 Å². The quantitative estimate of drug-likeness (QED) is 0.372. The minimum absolute atomic E-state index is 0.199. The molecule has 1 aliphatic rings. The van der Waals surface area contributed by atoms with Crippen LogP contribution in [-0.4, -0.2) is 59.1 Å². The zero-order chi connectivity index (χ0) is 21.7. The minimum Gasteiger partial charge on any atom is -0.460 e. The molecule has 6 atom stereocenters. The first-order chi connectivity index (χ1) is 13.6. The topological polar surface area (TPSA) is 149 Å². The predicted octanol–water partition coefficient (Wildman–Crippen LogP) is -0.787. The Balaban J connectivity index is 2.05. The average Bonchev–Trinajstić information content (AvgIpc) is 2.98. The molecule has 2 heterocycles. The zero-order valence-electron chi connectivity index (χ0n) is 16.6. The summed E-state index contributed by atoms with van der Waals surface area (Å²) in [5.74, 6) is -2.28. The predicted molar refractivity (Wildman–Crippen MR) is 97.0 cm³/mol. The molecular weight excluding hydrogens is 384 g/mol. The maximum absolute atomic E-state index is 12.3. The summed E-state index contributed by atoms with van der Waals surface area (Å²) in [6.45, 7) is 4.44. The number of aliphatic hydroxyl groups excluding tert-OH is 2. The van der Waals surface area contributed by atoms with Crippen molar-refractivity contribution in [1.82, 2.24) is 0 Å². The van der Waals surface area contributed by atoms with Crippen molar-refractivity contribution in [2.24, 2.45) is 11.7 Å². The second kappa shape index (κ2) is 9.77. The lowest BCUT2D eigenvalue weighted by atomic mass is 10.0. The molecule has 10 heteroatoms. The number of nitrogens with zero attached hydrogens (tertiary/aromatic N) is 1. The fourth-order valence-electron chi connectivity index (χ4n) is 2.95. The fraction of sp³-hybridized carbons (Fsp3) is 0.579. The molecule has 4 N–H and O–H groups in total. The highest BCUT2D eigenvalue weighted by Crippen LogP contribution is 2.26. The van der Waals surface area contributed by atoms with E-state index in [1.54, 1.807) is 19.2 Å². The Hall–Kier alpha value is -2.56. The molecule has 2 rings (SSSR count). The van der Waals surface area contributed by atoms with E-state index in [4.69, 9.17) is 19.9 Å². The first kappa shape index (κ1) is 22.7. The number of ether oxygens (including phenoxy) is 3. The molecule has 1 amide bonds. The van der Waals surface area contributed by atoms with Gasteiger partial charge in [0.1, 0.15) is 24.4 Å². The van der Waals surface area contributed by atoms with E-state index in [1.165, 1.54) is 23.8 Å². The van der Waals surface area contributed by atoms with Gasteiger partial charge in [-0.15, -0.1) is 0 Å². The fourth-order valence-corrected chi connectivity index (χ4v) is 2.95. The van der Waals surface area contributed by atoms with Gasteiger partial charge in [-0.05, 0) is 12.5 Å². The maximum Gasteiger partial charge on any atom is 0.347 e. The summed E-state index contributed by atoms with van der Waals surface area (Å²) in [6.07, 6.45) is -2.25. The highest BCUT2D eigenvalue weighted by molar-refractivity contribution is 5.92. The van der Waals surface area contributed by atoms with Gasteiger partial charge in [-0.1, -0.05) is 13.8 Å². The molecule has 160 valence electrons. The largest absolute Gasteiger partial charge is 0.460 e. The Morgan fingerprint density at radius 1 is 1.31 bits per heavy atom. The molecule has 2 unspecified atom stereocenters. The second-order valence-electron chi connectivity index (χ2n) is 7.00. The van der Waals surface area contributed by atoms with E-state index < -0.39 is 48.5 Å². The van der Waals surface area contributed by atoms with Crippen LogP contribution in [0.2, 0.25) is 0 Å². The lowest BCUT2D eigenvalue weighted by molar-refractivity contribution is -0.765. The Morgan fingerprint density at radius 3 is 2.59 bits per heavy atom. The number of carbonyl (C=O) groups excluding carboxylic acids is 3. The molecule has 1 saturated heterocycles. The molecule has 0 bridgehead atoms. The molecule has 0 aliphatic carbocycles. The van der Waals surface area contributed by atoms with Crippen molar-refractivity contribution in [2.75, 3.05) is 6.61 Å². The van der Waals surface area contributed by atoms with Crippen molar-refractivity contribution in [3.63, 3.8) is 0 Å². The monoisotopic (exact) mass is 411 g/mol. The van der Waals surface area contributed by atoms with Crippen LogP contribution in [0.15, 0.2) is 24.5 Å². The van der Waals surface area contributed by atoms with E-state index in [2.05, 4.69) is 0 Å². The molecule has 0 spiro atoms. The van der Waals surface area contributed by atoms with Gasteiger partial charge in [0.2, 0.25) is 6.10 Å². The molecule has 0 aromatic carbocycles. The number of hydrogen-bond acceptors (Lipinski definition) is 8. The second-order valence-corrected chi connectivity index (χ2v) is 7.00. The highest BCUT2D eigenvalue weighted by Gasteiger charge is 2.49. The minimum atomic E-state index is -1.34. The van der Waals surface area contributed by atoms with Crippen molar-refractivity contribution in [3.8, 4) is 0 Å². The van der Waals surface area contributed by atoms with Crippen LogP contribution in [-0.2, 0) is 23.8 Å². The molecule has 0 radical (unpaired) electrons. The normalized spacial score (nSPS) is 25.8. The van der Waals surface area contributed by atoms with E-state index in [1.807, 2.05) is 6.92 Å². The van der Waals surface area contributed by atoms with Gasteiger partial charge < -0.3 is 30.2 Å². The number of primary amides is 1. The highest BCUT2D eigenvalue weighted by atomic mass is 16.6. The van der Waals surface area contributed by atoms with E-state index in [0.717, 1.165) is 0 Å². The molecule has 1 aliphatic heterocycles. The van der Waals surface area contributed by atoms with E-state index >= 15 is 0 Å². The van der Waals surface area contributed by atoms with Crippen LogP contribution < -0.4 is 10.3 Å². The van der Waals surface area contributed by atoms with Crippen molar-refractivity contribution < 1.29 is 43.4 Å². The van der Waals surface area contributed by atoms with Gasteiger partial charge in [0.15, 0.2) is 18.5 Å².